The first-order chi connectivity index (χ1) is 12.3. The Hall–Kier alpha value is -2.28. The van der Waals surface area contributed by atoms with Crippen LogP contribution in [0, 0.1) is 0 Å². The summed E-state index contributed by atoms with van der Waals surface area (Å²) in [6, 6.07) is 6.21. The highest BCUT2D eigenvalue weighted by Gasteiger charge is 2.31. The number of anilines is 2. The van der Waals surface area contributed by atoms with E-state index in [-0.39, 0.29) is 16.3 Å². The van der Waals surface area contributed by atoms with Crippen LogP contribution in [-0.2, 0) is 6.18 Å². The summed E-state index contributed by atoms with van der Waals surface area (Å²) in [5.41, 5.74) is -0.682. The zero-order valence-electron chi connectivity index (χ0n) is 13.7. The van der Waals surface area contributed by atoms with Crippen molar-refractivity contribution in [3.05, 3.63) is 52.7 Å². The minimum atomic E-state index is -4.51. The molecule has 1 saturated carbocycles. The van der Waals surface area contributed by atoms with Crippen LogP contribution < -0.4 is 10.6 Å². The zero-order valence-corrected chi connectivity index (χ0v) is 14.5. The highest BCUT2D eigenvalue weighted by molar-refractivity contribution is 6.34. The number of alkyl halides is 3. The van der Waals surface area contributed by atoms with Gasteiger partial charge in [-0.15, -0.1) is 0 Å². The third-order valence-corrected chi connectivity index (χ3v) is 4.60. The number of nitrogens with one attached hydrogen (secondary N) is 2. The molecule has 138 valence electrons. The molecule has 1 aromatic carbocycles. The van der Waals surface area contributed by atoms with E-state index in [2.05, 4.69) is 15.6 Å². The lowest BCUT2D eigenvalue weighted by molar-refractivity contribution is -0.137. The van der Waals surface area contributed by atoms with Gasteiger partial charge in [-0.3, -0.25) is 4.79 Å². The van der Waals surface area contributed by atoms with Crippen LogP contribution >= 0.6 is 11.6 Å². The summed E-state index contributed by atoms with van der Waals surface area (Å²) in [7, 11) is 0. The molecule has 1 amide bonds. The molecule has 0 atom stereocenters. The van der Waals surface area contributed by atoms with Gasteiger partial charge in [-0.1, -0.05) is 24.4 Å². The molecule has 2 aromatic rings. The summed E-state index contributed by atoms with van der Waals surface area (Å²) < 4.78 is 38.5. The average Bonchev–Trinajstić information content (AvgIpc) is 3.09. The third-order valence-electron chi connectivity index (χ3n) is 4.27. The van der Waals surface area contributed by atoms with Crippen molar-refractivity contribution in [2.75, 3.05) is 10.6 Å². The van der Waals surface area contributed by atoms with Crippen molar-refractivity contribution in [3.8, 4) is 0 Å². The number of halogens is 4. The van der Waals surface area contributed by atoms with Gasteiger partial charge in [0, 0.05) is 17.8 Å². The molecular formula is C18H17ClF3N3O. The van der Waals surface area contributed by atoms with Gasteiger partial charge in [-0.2, -0.15) is 13.2 Å². The average molecular weight is 384 g/mol. The van der Waals surface area contributed by atoms with Crippen molar-refractivity contribution >= 4 is 29.0 Å². The van der Waals surface area contributed by atoms with Crippen molar-refractivity contribution in [2.45, 2.75) is 37.9 Å². The lowest BCUT2D eigenvalue weighted by Gasteiger charge is -2.14. The SMILES string of the molecule is O=C(Nc1cc(C(F)(F)F)ccc1Cl)c1ccnc(NC2CCCC2)c1. The Morgan fingerprint density at radius 3 is 2.58 bits per heavy atom. The molecule has 0 unspecified atom stereocenters. The highest BCUT2D eigenvalue weighted by Crippen LogP contribution is 2.34. The molecule has 8 heteroatoms. The predicted molar refractivity (Wildman–Crippen MR) is 94.5 cm³/mol. The fraction of sp³-hybridized carbons (Fsp3) is 0.333. The number of rotatable bonds is 4. The van der Waals surface area contributed by atoms with Gasteiger partial charge in [-0.05, 0) is 43.2 Å². The Morgan fingerprint density at radius 2 is 1.88 bits per heavy atom. The summed E-state index contributed by atoms with van der Waals surface area (Å²) in [6.07, 6.45) is 1.40. The topological polar surface area (TPSA) is 54.0 Å². The van der Waals surface area contributed by atoms with Crippen molar-refractivity contribution in [2.24, 2.45) is 0 Å². The number of nitrogens with zero attached hydrogens (tertiary/aromatic N) is 1. The van der Waals surface area contributed by atoms with Gasteiger partial charge >= 0.3 is 6.18 Å². The smallest absolute Gasteiger partial charge is 0.367 e. The Labute approximate surface area is 153 Å². The number of amides is 1. The van der Waals surface area contributed by atoms with E-state index >= 15 is 0 Å². The van der Waals surface area contributed by atoms with E-state index in [0.29, 0.717) is 11.9 Å². The van der Waals surface area contributed by atoms with Gasteiger partial charge < -0.3 is 10.6 Å². The van der Waals surface area contributed by atoms with Crippen LogP contribution in [0.1, 0.15) is 41.6 Å². The van der Waals surface area contributed by atoms with Crippen molar-refractivity contribution in [3.63, 3.8) is 0 Å². The van der Waals surface area contributed by atoms with Crippen molar-refractivity contribution in [1.29, 1.82) is 0 Å². The molecule has 1 aromatic heterocycles. The zero-order chi connectivity index (χ0) is 18.7. The normalized spacial score (nSPS) is 15.1. The molecule has 1 heterocycles. The monoisotopic (exact) mass is 383 g/mol. The molecule has 1 aliphatic rings. The van der Waals surface area contributed by atoms with E-state index in [1.807, 2.05) is 0 Å². The van der Waals surface area contributed by atoms with Gasteiger partial charge in [0.05, 0.1) is 16.3 Å². The molecule has 2 N–H and O–H groups in total. The number of aromatic nitrogens is 1. The predicted octanol–water partition coefficient (Wildman–Crippen LogP) is 5.36. The van der Waals surface area contributed by atoms with Crippen LogP contribution in [0.25, 0.3) is 0 Å². The standard InChI is InChI=1S/C18H17ClF3N3O/c19-14-6-5-12(18(20,21)22)10-15(14)25-17(26)11-7-8-23-16(9-11)24-13-3-1-2-4-13/h5-10,13H,1-4H2,(H,23,24)(H,25,26). The second-order valence-electron chi connectivity index (χ2n) is 6.20. The fourth-order valence-electron chi connectivity index (χ4n) is 2.92. The van der Waals surface area contributed by atoms with E-state index in [9.17, 15) is 18.0 Å². The Morgan fingerprint density at radius 1 is 1.15 bits per heavy atom. The molecule has 3 rings (SSSR count). The number of hydrogen-bond donors (Lipinski definition) is 2. The molecule has 0 bridgehead atoms. The summed E-state index contributed by atoms with van der Waals surface area (Å²) in [6.45, 7) is 0. The lowest BCUT2D eigenvalue weighted by atomic mass is 10.1. The minimum absolute atomic E-state index is 0.0321. The van der Waals surface area contributed by atoms with Crippen molar-refractivity contribution in [1.82, 2.24) is 4.98 Å². The van der Waals surface area contributed by atoms with Crippen LogP contribution in [0.3, 0.4) is 0 Å². The van der Waals surface area contributed by atoms with E-state index in [1.54, 1.807) is 6.07 Å². The van der Waals surface area contributed by atoms with Crippen LogP contribution in [0.2, 0.25) is 5.02 Å². The first kappa shape index (κ1) is 18.5. The molecule has 1 fully saturated rings. The highest BCUT2D eigenvalue weighted by atomic mass is 35.5. The van der Waals surface area contributed by atoms with E-state index in [0.717, 1.165) is 43.9 Å². The minimum Gasteiger partial charge on any atom is -0.367 e. The molecule has 26 heavy (non-hydrogen) atoms. The molecule has 0 radical (unpaired) electrons. The summed E-state index contributed by atoms with van der Waals surface area (Å²) in [4.78, 5) is 16.6. The molecule has 0 aliphatic heterocycles. The number of hydrogen-bond acceptors (Lipinski definition) is 3. The third kappa shape index (κ3) is 4.46. The number of benzene rings is 1. The molecule has 1 aliphatic carbocycles. The summed E-state index contributed by atoms with van der Waals surface area (Å²) in [5.74, 6) is 0.0165. The molecule has 4 nitrogen and oxygen atoms in total. The van der Waals surface area contributed by atoms with Crippen LogP contribution in [-0.4, -0.2) is 16.9 Å². The van der Waals surface area contributed by atoms with Gasteiger partial charge in [0.1, 0.15) is 5.82 Å². The maximum atomic E-state index is 12.8. The fourth-order valence-corrected chi connectivity index (χ4v) is 3.09. The van der Waals surface area contributed by atoms with Crippen LogP contribution in [0.15, 0.2) is 36.5 Å². The van der Waals surface area contributed by atoms with E-state index in [1.165, 1.54) is 12.3 Å². The largest absolute Gasteiger partial charge is 0.416 e. The first-order valence-electron chi connectivity index (χ1n) is 8.23. The van der Waals surface area contributed by atoms with E-state index < -0.39 is 17.6 Å². The summed E-state index contributed by atoms with van der Waals surface area (Å²) >= 11 is 5.92. The molecule has 0 spiro atoms. The first-order valence-corrected chi connectivity index (χ1v) is 8.61. The quantitative estimate of drug-likeness (QED) is 0.747. The van der Waals surface area contributed by atoms with Crippen molar-refractivity contribution < 1.29 is 18.0 Å². The maximum Gasteiger partial charge on any atom is 0.416 e. The number of pyridine rings is 1. The molecular weight excluding hydrogens is 367 g/mol. The Balaban J connectivity index is 1.76. The second kappa shape index (κ2) is 7.53. The summed E-state index contributed by atoms with van der Waals surface area (Å²) in [5, 5.41) is 5.74. The Bertz CT molecular complexity index is 805. The van der Waals surface area contributed by atoms with Gasteiger partial charge in [0.2, 0.25) is 0 Å². The van der Waals surface area contributed by atoms with Crippen LogP contribution in [0.5, 0.6) is 0 Å². The Kier molecular flexibility index (Phi) is 5.36. The lowest BCUT2D eigenvalue weighted by Crippen LogP contribution is -2.17. The number of carbonyl (C=O) groups is 1. The molecule has 0 saturated heterocycles. The number of carbonyl (C=O) groups excluding carboxylic acids is 1. The van der Waals surface area contributed by atoms with Gasteiger partial charge in [-0.25, -0.2) is 4.98 Å². The van der Waals surface area contributed by atoms with Crippen LogP contribution in [0.4, 0.5) is 24.7 Å². The van der Waals surface area contributed by atoms with E-state index in [4.69, 9.17) is 11.6 Å². The maximum absolute atomic E-state index is 12.8. The second-order valence-corrected chi connectivity index (χ2v) is 6.61. The van der Waals surface area contributed by atoms with Gasteiger partial charge in [0.25, 0.3) is 5.91 Å². The van der Waals surface area contributed by atoms with Gasteiger partial charge in [0.15, 0.2) is 0 Å².